The van der Waals surface area contributed by atoms with Crippen LogP contribution in [0.4, 0.5) is 0 Å². The molecule has 0 aliphatic heterocycles. The lowest BCUT2D eigenvalue weighted by molar-refractivity contribution is 0.106. The molecular formula is C17H21NO3Si. The maximum atomic E-state index is 5.69. The first-order valence-electron chi connectivity index (χ1n) is 7.31. The van der Waals surface area contributed by atoms with Gasteiger partial charge in [-0.15, -0.1) is 0 Å². The number of rotatable bonds is 5. The van der Waals surface area contributed by atoms with Gasteiger partial charge in [0.1, 0.15) is 5.67 Å². The van der Waals surface area contributed by atoms with Crippen LogP contribution in [0.3, 0.4) is 0 Å². The number of nitrogens with zero attached hydrogens (tertiary/aromatic N) is 1. The summed E-state index contributed by atoms with van der Waals surface area (Å²) in [6.45, 7) is 2.10. The Morgan fingerprint density at radius 2 is 1.18 bits per heavy atom. The highest BCUT2D eigenvalue weighted by molar-refractivity contribution is 6.61. The van der Waals surface area contributed by atoms with Crippen LogP contribution in [0.1, 0.15) is 12.6 Å². The first-order valence-corrected chi connectivity index (χ1v) is 9.12. The fraction of sp³-hybridized carbons (Fsp3) is 0.294. The van der Waals surface area contributed by atoms with Crippen molar-refractivity contribution in [2.75, 3.05) is 21.3 Å². The molecule has 1 atom stereocenters. The monoisotopic (exact) mass is 315 g/mol. The van der Waals surface area contributed by atoms with E-state index in [1.807, 2.05) is 0 Å². The Labute approximate surface area is 131 Å². The van der Waals surface area contributed by atoms with E-state index in [1.165, 1.54) is 21.8 Å². The Hall–Kier alpha value is -1.66. The van der Waals surface area contributed by atoms with Crippen molar-refractivity contribution < 1.29 is 13.3 Å². The third kappa shape index (κ3) is 2.09. The molecule has 0 bridgehead atoms. The van der Waals surface area contributed by atoms with Gasteiger partial charge in [-0.1, -0.05) is 36.4 Å². The molecule has 22 heavy (non-hydrogen) atoms. The molecule has 3 rings (SSSR count). The normalized spacial score (nSPS) is 13.8. The predicted octanol–water partition coefficient (Wildman–Crippen LogP) is 3.77. The van der Waals surface area contributed by atoms with E-state index in [0.717, 1.165) is 0 Å². The van der Waals surface area contributed by atoms with E-state index in [1.54, 1.807) is 21.3 Å². The minimum atomic E-state index is -2.80. The van der Waals surface area contributed by atoms with Gasteiger partial charge in [0.15, 0.2) is 0 Å². The minimum Gasteiger partial charge on any atom is -0.376 e. The zero-order valence-corrected chi connectivity index (χ0v) is 14.4. The van der Waals surface area contributed by atoms with E-state index < -0.39 is 8.80 Å². The van der Waals surface area contributed by atoms with Crippen LogP contribution in [0, 0.1) is 0 Å². The van der Waals surface area contributed by atoms with Gasteiger partial charge in [0.2, 0.25) is 0 Å². The lowest BCUT2D eigenvalue weighted by Crippen LogP contribution is -2.50. The average molecular weight is 315 g/mol. The first-order chi connectivity index (χ1) is 10.7. The second-order valence-electron chi connectivity index (χ2n) is 5.30. The molecule has 116 valence electrons. The van der Waals surface area contributed by atoms with Crippen molar-refractivity contribution >= 4 is 30.6 Å². The Morgan fingerprint density at radius 1 is 0.773 bits per heavy atom. The SMILES string of the molecule is CO[Si](OC)(OC)C(C)n1c2ccccc2c2ccccc21. The van der Waals surface area contributed by atoms with Crippen LogP contribution in [-0.2, 0) is 13.3 Å². The smallest absolute Gasteiger partial charge is 0.376 e. The highest BCUT2D eigenvalue weighted by Crippen LogP contribution is 2.35. The van der Waals surface area contributed by atoms with Crippen LogP contribution in [0.5, 0.6) is 0 Å². The van der Waals surface area contributed by atoms with E-state index >= 15 is 0 Å². The summed E-state index contributed by atoms with van der Waals surface area (Å²) in [6, 6.07) is 16.8. The van der Waals surface area contributed by atoms with Gasteiger partial charge < -0.3 is 17.8 Å². The summed E-state index contributed by atoms with van der Waals surface area (Å²) in [5.74, 6) is 0. The second kappa shape index (κ2) is 5.85. The summed E-state index contributed by atoms with van der Waals surface area (Å²) in [5.41, 5.74) is 2.30. The molecular weight excluding hydrogens is 294 g/mol. The average Bonchev–Trinajstić information content (AvgIpc) is 2.91. The van der Waals surface area contributed by atoms with Crippen molar-refractivity contribution in [3.05, 3.63) is 48.5 Å². The zero-order chi connectivity index (χ0) is 15.7. The number of hydrogen-bond acceptors (Lipinski definition) is 3. The van der Waals surface area contributed by atoms with Gasteiger partial charge in [0.05, 0.1) is 0 Å². The van der Waals surface area contributed by atoms with Crippen LogP contribution in [0.25, 0.3) is 21.8 Å². The molecule has 0 spiro atoms. The van der Waals surface area contributed by atoms with Crippen LogP contribution in [0.2, 0.25) is 0 Å². The fourth-order valence-corrected chi connectivity index (χ4v) is 5.41. The van der Waals surface area contributed by atoms with Crippen molar-refractivity contribution in [1.82, 2.24) is 4.57 Å². The Bertz CT molecular complexity index is 733. The molecule has 0 radical (unpaired) electrons. The summed E-state index contributed by atoms with van der Waals surface area (Å²) in [7, 11) is 2.17. The van der Waals surface area contributed by atoms with Gasteiger partial charge in [-0.3, -0.25) is 0 Å². The molecule has 1 unspecified atom stereocenters. The summed E-state index contributed by atoms with van der Waals surface area (Å²) in [4.78, 5) is 0. The largest absolute Gasteiger partial charge is 0.524 e. The lowest BCUT2D eigenvalue weighted by atomic mass is 10.2. The molecule has 0 saturated carbocycles. The van der Waals surface area contributed by atoms with Crippen molar-refractivity contribution in [3.63, 3.8) is 0 Å². The predicted molar refractivity (Wildman–Crippen MR) is 90.9 cm³/mol. The van der Waals surface area contributed by atoms with Crippen molar-refractivity contribution in [3.8, 4) is 0 Å². The topological polar surface area (TPSA) is 32.6 Å². The third-order valence-corrected chi connectivity index (χ3v) is 7.36. The van der Waals surface area contributed by atoms with Gasteiger partial charge in [0.25, 0.3) is 0 Å². The van der Waals surface area contributed by atoms with Crippen molar-refractivity contribution in [2.24, 2.45) is 0 Å². The highest BCUT2D eigenvalue weighted by atomic mass is 28.4. The van der Waals surface area contributed by atoms with Gasteiger partial charge in [-0.05, 0) is 19.1 Å². The molecule has 1 heterocycles. The van der Waals surface area contributed by atoms with E-state index in [0.29, 0.717) is 0 Å². The molecule has 2 aromatic carbocycles. The molecule has 1 aromatic heterocycles. The molecule has 0 amide bonds. The molecule has 0 N–H and O–H groups in total. The van der Waals surface area contributed by atoms with Crippen molar-refractivity contribution in [1.29, 1.82) is 0 Å². The van der Waals surface area contributed by atoms with Gasteiger partial charge >= 0.3 is 8.80 Å². The van der Waals surface area contributed by atoms with Crippen LogP contribution < -0.4 is 0 Å². The zero-order valence-electron chi connectivity index (χ0n) is 13.4. The second-order valence-corrected chi connectivity index (χ2v) is 8.56. The molecule has 0 aliphatic rings. The molecule has 0 aliphatic carbocycles. The van der Waals surface area contributed by atoms with Gasteiger partial charge in [0, 0.05) is 43.1 Å². The number of aromatic nitrogens is 1. The van der Waals surface area contributed by atoms with Gasteiger partial charge in [-0.25, -0.2) is 0 Å². The van der Waals surface area contributed by atoms with E-state index in [9.17, 15) is 0 Å². The number of para-hydroxylation sites is 2. The van der Waals surface area contributed by atoms with E-state index in [4.69, 9.17) is 13.3 Å². The Kier molecular flexibility index (Phi) is 4.05. The van der Waals surface area contributed by atoms with Crippen LogP contribution in [-0.4, -0.2) is 34.7 Å². The molecule has 0 fully saturated rings. The third-order valence-electron chi connectivity index (χ3n) is 4.37. The maximum absolute atomic E-state index is 5.69. The molecule has 5 heteroatoms. The number of benzene rings is 2. The van der Waals surface area contributed by atoms with Crippen molar-refractivity contribution in [2.45, 2.75) is 12.6 Å². The molecule has 4 nitrogen and oxygen atoms in total. The van der Waals surface area contributed by atoms with Crippen LogP contribution in [0.15, 0.2) is 48.5 Å². The standard InChI is InChI=1S/C17H21NO3Si/c1-13(22(19-2,20-3)21-4)18-16-11-7-5-9-14(16)15-10-6-8-12-17(15)18/h5-13H,1-4H3. The molecule has 0 saturated heterocycles. The summed E-state index contributed by atoms with van der Waals surface area (Å²) in [6.07, 6.45) is 0. The highest BCUT2D eigenvalue weighted by Gasteiger charge is 2.46. The van der Waals surface area contributed by atoms with Gasteiger partial charge in [-0.2, -0.15) is 0 Å². The summed E-state index contributed by atoms with van der Waals surface area (Å²) >= 11 is 0. The fourth-order valence-electron chi connectivity index (χ4n) is 3.29. The maximum Gasteiger partial charge on any atom is 0.524 e. The lowest BCUT2D eigenvalue weighted by Gasteiger charge is -2.31. The summed E-state index contributed by atoms with van der Waals surface area (Å²) < 4.78 is 19.4. The summed E-state index contributed by atoms with van der Waals surface area (Å²) in [5, 5.41) is 2.47. The van der Waals surface area contributed by atoms with E-state index in [-0.39, 0.29) is 5.67 Å². The first kappa shape index (κ1) is 15.2. The Morgan fingerprint density at radius 3 is 1.59 bits per heavy atom. The van der Waals surface area contributed by atoms with Crippen LogP contribution >= 0.6 is 0 Å². The number of hydrogen-bond donors (Lipinski definition) is 0. The van der Waals surface area contributed by atoms with E-state index in [2.05, 4.69) is 60.0 Å². The Balaban J connectivity index is 2.33. The molecule has 3 aromatic rings. The quantitative estimate of drug-likeness (QED) is 0.672. The number of fused-ring (bicyclic) bond motifs is 3. The minimum absolute atomic E-state index is 0.0303.